The molecule has 0 aliphatic carbocycles. The lowest BCUT2D eigenvalue weighted by Gasteiger charge is -2.33. The average Bonchev–Trinajstić information content (AvgIpc) is 3.93. The van der Waals surface area contributed by atoms with Gasteiger partial charge in [0.15, 0.2) is 0 Å². The van der Waals surface area contributed by atoms with Gasteiger partial charge in [0.05, 0.1) is 6.10 Å². The summed E-state index contributed by atoms with van der Waals surface area (Å²) in [5.41, 5.74) is 5.95. The van der Waals surface area contributed by atoms with Crippen molar-refractivity contribution in [3.05, 3.63) is 35.9 Å². The Kier molecular flexibility index (Phi) is 20.6. The Balaban J connectivity index is 1.76. The number of primary amides is 1. The number of unbranched alkanes of at least 4 members (excludes halogenated alkanes) is 1. The standard InChI is InChI=1S/C39H59N9O11S2/c1-3-4-16-41-39(59)45-26(20-60)36(55)48-18-9-13-29(48)37(56)47-17-8-12-28(47)34(53)46-31(22(2)49)35(54)42-24(14-15-30(40)50)32(51)43-25(19-23-10-6-5-7-11-23)33(52)44-27(21-61)38(57)58/h5-7,10-11,22,24-29,31,49,60-61H,3-4,8-9,12-21H2,1-2H3,(H2,40,50)(H,42,54)(H,43,51)(H,44,52)(H,46,53)(H,57,58)(H2,41,45,59)/t22-,24+,25+,26+,27+,28+,29+,31+/m1/s1. The number of urea groups is 1. The molecule has 22 heteroatoms. The number of amides is 9. The van der Waals surface area contributed by atoms with E-state index in [9.17, 15) is 53.4 Å². The molecular formula is C39H59N9O11S2. The molecule has 2 heterocycles. The van der Waals surface area contributed by atoms with E-state index in [1.54, 1.807) is 30.3 Å². The van der Waals surface area contributed by atoms with Gasteiger partial charge in [0.25, 0.3) is 0 Å². The van der Waals surface area contributed by atoms with Crippen LogP contribution in [0.5, 0.6) is 0 Å². The molecule has 0 spiro atoms. The highest BCUT2D eigenvalue weighted by Crippen LogP contribution is 2.26. The third kappa shape index (κ3) is 15.1. The molecule has 2 fully saturated rings. The Morgan fingerprint density at radius 3 is 1.97 bits per heavy atom. The van der Waals surface area contributed by atoms with E-state index < -0.39 is 108 Å². The van der Waals surface area contributed by atoms with Crippen LogP contribution in [-0.4, -0.2) is 153 Å². The van der Waals surface area contributed by atoms with Gasteiger partial charge in [-0.2, -0.15) is 25.3 Å². The number of carboxylic acids is 1. The van der Waals surface area contributed by atoms with E-state index in [1.807, 2.05) is 6.92 Å². The Hall–Kier alpha value is -5.09. The van der Waals surface area contributed by atoms with Gasteiger partial charge in [0.1, 0.15) is 42.3 Å². The molecule has 8 atom stereocenters. The lowest BCUT2D eigenvalue weighted by molar-refractivity contribution is -0.147. The number of carbonyl (C=O) groups is 9. The van der Waals surface area contributed by atoms with Crippen molar-refractivity contribution in [2.75, 3.05) is 31.1 Å². The number of hydrogen-bond donors (Lipinski definition) is 11. The minimum atomic E-state index is -1.67. The van der Waals surface area contributed by atoms with E-state index in [4.69, 9.17) is 5.73 Å². The minimum absolute atomic E-state index is 0.0206. The van der Waals surface area contributed by atoms with E-state index in [2.05, 4.69) is 57.2 Å². The van der Waals surface area contributed by atoms with E-state index in [-0.39, 0.29) is 43.9 Å². The fourth-order valence-electron chi connectivity index (χ4n) is 7.02. The van der Waals surface area contributed by atoms with Crippen molar-refractivity contribution >= 4 is 78.6 Å². The highest BCUT2D eigenvalue weighted by atomic mass is 32.1. The summed E-state index contributed by atoms with van der Waals surface area (Å²) in [5, 5.41) is 35.2. The summed E-state index contributed by atoms with van der Waals surface area (Å²) >= 11 is 8.22. The van der Waals surface area contributed by atoms with Crippen LogP contribution in [0.2, 0.25) is 0 Å². The molecule has 2 aliphatic rings. The summed E-state index contributed by atoms with van der Waals surface area (Å²) in [6, 6.07) is -1.01. The molecule has 1 aromatic carbocycles. The number of aliphatic hydroxyl groups is 1. The molecule has 338 valence electrons. The molecule has 1 aromatic rings. The van der Waals surface area contributed by atoms with Crippen molar-refractivity contribution in [1.82, 2.24) is 41.7 Å². The van der Waals surface area contributed by atoms with Gasteiger partial charge in [-0.1, -0.05) is 43.7 Å². The molecule has 20 nitrogen and oxygen atoms in total. The van der Waals surface area contributed by atoms with Crippen molar-refractivity contribution in [2.45, 2.75) is 120 Å². The number of likely N-dealkylation sites (tertiary alicyclic amines) is 2. The SMILES string of the molecule is CCCCNC(=O)N[C@@H](CS)C(=O)N1CCC[C@H]1C(=O)N1CCC[C@H]1C(=O)N[C@H](C(=O)N[C@@H](CCC(N)=O)C(=O)N[C@@H](Cc1ccccc1)C(=O)N[C@@H](CS)C(=O)O)[C@@H](C)O. The zero-order valence-electron chi connectivity index (χ0n) is 34.3. The third-order valence-electron chi connectivity index (χ3n) is 10.3. The smallest absolute Gasteiger partial charge is 0.327 e. The van der Waals surface area contributed by atoms with Crippen LogP contribution in [0.3, 0.4) is 0 Å². The number of carbonyl (C=O) groups excluding carboxylic acids is 8. The highest BCUT2D eigenvalue weighted by Gasteiger charge is 2.44. The number of aliphatic hydroxyl groups excluding tert-OH is 1. The van der Waals surface area contributed by atoms with E-state index >= 15 is 0 Å². The predicted octanol–water partition coefficient (Wildman–Crippen LogP) is -1.79. The lowest BCUT2D eigenvalue weighted by atomic mass is 10.0. The van der Waals surface area contributed by atoms with Gasteiger partial charge in [-0.15, -0.1) is 0 Å². The quantitative estimate of drug-likeness (QED) is 0.0431. The summed E-state index contributed by atoms with van der Waals surface area (Å²) in [6.45, 7) is 4.03. The monoisotopic (exact) mass is 893 g/mol. The topological polar surface area (TPSA) is 299 Å². The first-order valence-corrected chi connectivity index (χ1v) is 21.6. The van der Waals surface area contributed by atoms with Gasteiger partial charge in [-0.25, -0.2) is 9.59 Å². The minimum Gasteiger partial charge on any atom is -0.480 e. The first-order valence-electron chi connectivity index (χ1n) is 20.3. The molecule has 2 aliphatic heterocycles. The van der Waals surface area contributed by atoms with Crippen LogP contribution >= 0.6 is 25.3 Å². The van der Waals surface area contributed by atoms with Crippen molar-refractivity contribution < 1.29 is 53.4 Å². The number of nitrogens with one attached hydrogen (secondary N) is 6. The highest BCUT2D eigenvalue weighted by molar-refractivity contribution is 7.80. The number of thiol groups is 2. The van der Waals surface area contributed by atoms with Gasteiger partial charge >= 0.3 is 12.0 Å². The molecule has 3 rings (SSSR count). The van der Waals surface area contributed by atoms with Gasteiger partial charge in [0.2, 0.25) is 41.4 Å². The van der Waals surface area contributed by atoms with Crippen LogP contribution in [-0.2, 0) is 44.8 Å². The summed E-state index contributed by atoms with van der Waals surface area (Å²) in [5.74, 6) is -7.07. The summed E-state index contributed by atoms with van der Waals surface area (Å²) < 4.78 is 0. The van der Waals surface area contributed by atoms with Gasteiger partial charge in [0, 0.05) is 44.0 Å². The maximum Gasteiger partial charge on any atom is 0.327 e. The summed E-state index contributed by atoms with van der Waals surface area (Å²) in [7, 11) is 0. The van der Waals surface area contributed by atoms with E-state index in [1.165, 1.54) is 16.7 Å². The maximum atomic E-state index is 14.0. The molecule has 9 amide bonds. The molecule has 0 unspecified atom stereocenters. The third-order valence-corrected chi connectivity index (χ3v) is 11.1. The molecular weight excluding hydrogens is 835 g/mol. The number of nitrogens with two attached hydrogens (primary N) is 1. The molecule has 0 bridgehead atoms. The second-order valence-corrected chi connectivity index (χ2v) is 15.7. The number of nitrogens with zero attached hydrogens (tertiary/aromatic N) is 2. The van der Waals surface area contributed by atoms with Crippen molar-refractivity contribution in [1.29, 1.82) is 0 Å². The molecule has 61 heavy (non-hydrogen) atoms. The van der Waals surface area contributed by atoms with E-state index in [0.717, 1.165) is 12.8 Å². The molecule has 0 radical (unpaired) electrons. The number of benzene rings is 1. The number of aliphatic carboxylic acids is 1. The number of carboxylic acid groups (broad SMARTS) is 1. The predicted molar refractivity (Wildman–Crippen MR) is 228 cm³/mol. The van der Waals surface area contributed by atoms with Crippen LogP contribution in [0.1, 0.15) is 70.8 Å². The van der Waals surface area contributed by atoms with Crippen molar-refractivity contribution in [3.63, 3.8) is 0 Å². The molecule has 0 aromatic heterocycles. The average molecular weight is 894 g/mol. The van der Waals surface area contributed by atoms with Crippen LogP contribution in [0.4, 0.5) is 4.79 Å². The second-order valence-electron chi connectivity index (χ2n) is 15.0. The Bertz CT molecular complexity index is 1720. The summed E-state index contributed by atoms with van der Waals surface area (Å²) in [6.07, 6.45) is 0.689. The molecule has 10 N–H and O–H groups in total. The first kappa shape index (κ1) is 50.3. The van der Waals surface area contributed by atoms with E-state index in [0.29, 0.717) is 31.4 Å². The van der Waals surface area contributed by atoms with Gasteiger partial charge < -0.3 is 57.6 Å². The van der Waals surface area contributed by atoms with Crippen LogP contribution < -0.4 is 37.6 Å². The van der Waals surface area contributed by atoms with Gasteiger partial charge in [-0.05, 0) is 51.0 Å². The fraction of sp³-hybridized carbons (Fsp3) is 0.615. The Labute approximate surface area is 365 Å². The Morgan fingerprint density at radius 2 is 1.38 bits per heavy atom. The first-order chi connectivity index (χ1) is 29.0. The number of rotatable bonds is 23. The molecule has 2 saturated heterocycles. The lowest BCUT2D eigenvalue weighted by Crippen LogP contribution is -2.61. The normalized spacial score (nSPS) is 19.0. The maximum absolute atomic E-state index is 14.0. The van der Waals surface area contributed by atoms with Crippen LogP contribution in [0.25, 0.3) is 0 Å². The zero-order chi connectivity index (χ0) is 45.2. The summed E-state index contributed by atoms with van der Waals surface area (Å²) in [4.78, 5) is 121. The second kappa shape index (κ2) is 25.0. The van der Waals surface area contributed by atoms with Gasteiger partial charge in [-0.3, -0.25) is 33.6 Å². The van der Waals surface area contributed by atoms with Crippen molar-refractivity contribution in [3.8, 4) is 0 Å². The molecule has 0 saturated carbocycles. The zero-order valence-corrected chi connectivity index (χ0v) is 36.1. The number of hydrogen-bond acceptors (Lipinski definition) is 12. The van der Waals surface area contributed by atoms with Crippen molar-refractivity contribution in [2.24, 2.45) is 5.73 Å². The largest absolute Gasteiger partial charge is 0.480 e. The fourth-order valence-corrected chi connectivity index (χ4v) is 7.51. The van der Waals surface area contributed by atoms with Crippen LogP contribution in [0.15, 0.2) is 30.3 Å². The Morgan fingerprint density at radius 1 is 0.787 bits per heavy atom. The van der Waals surface area contributed by atoms with Crippen LogP contribution in [0, 0.1) is 0 Å².